The minimum Gasteiger partial charge on any atom is -0.507 e. The maximum atomic E-state index is 10.2. The molecule has 1 aliphatic rings. The van der Waals surface area contributed by atoms with Gasteiger partial charge in [-0.05, 0) is 12.1 Å². The van der Waals surface area contributed by atoms with Crippen LogP contribution in [0.5, 0.6) is 11.5 Å². The number of aliphatic imine (C=N–C) groups is 2. The third kappa shape index (κ3) is 1.54. The molecule has 0 radical (unpaired) electrons. The van der Waals surface area contributed by atoms with Crippen molar-refractivity contribution in [1.82, 2.24) is 0 Å². The predicted octanol–water partition coefficient (Wildman–Crippen LogP) is 2.35. The molecule has 0 unspecified atom stereocenters. The van der Waals surface area contributed by atoms with Crippen LogP contribution >= 0.6 is 0 Å². The van der Waals surface area contributed by atoms with E-state index in [4.69, 9.17) is 0 Å². The Morgan fingerprint density at radius 2 is 1.10 bits per heavy atom. The first kappa shape index (κ1) is 12.4. The van der Waals surface area contributed by atoms with Crippen LogP contribution in [0.2, 0.25) is 0 Å². The number of phenols is 2. The Bertz CT molecular complexity index is 697. The minimum atomic E-state index is 0.0917. The van der Waals surface area contributed by atoms with E-state index in [1.807, 2.05) is 24.3 Å². The van der Waals surface area contributed by atoms with Gasteiger partial charge in [-0.1, -0.05) is 24.3 Å². The smallest absolute Gasteiger partial charge is 0.125 e. The number of fused-ring (bicyclic) bond motifs is 2. The Morgan fingerprint density at radius 1 is 0.700 bits per heavy atom. The maximum Gasteiger partial charge on any atom is 0.125 e. The molecule has 3 rings (SSSR count). The number of hydrogen-bond donors (Lipinski definition) is 2. The highest BCUT2D eigenvalue weighted by molar-refractivity contribution is 6.33. The van der Waals surface area contributed by atoms with Gasteiger partial charge in [-0.2, -0.15) is 0 Å². The summed E-state index contributed by atoms with van der Waals surface area (Å²) in [6, 6.07) is 10.7. The Hall–Kier alpha value is -2.62. The molecule has 0 saturated heterocycles. The molecule has 20 heavy (non-hydrogen) atoms. The third-order valence-electron chi connectivity index (χ3n) is 3.52. The van der Waals surface area contributed by atoms with E-state index in [0.29, 0.717) is 22.6 Å². The number of benzene rings is 2. The summed E-state index contributed by atoms with van der Waals surface area (Å²) in [5.74, 6) is 0.183. The summed E-state index contributed by atoms with van der Waals surface area (Å²) >= 11 is 0. The van der Waals surface area contributed by atoms with E-state index in [1.54, 1.807) is 14.1 Å². The molecule has 2 N–H and O–H groups in total. The standard InChI is InChI=1S/C16H14N2O2/c1-17-15-9-5-3-4-6-10(9)16(18-2)14-12(20)8-7-11(19)13(14)15/h3-8,19-20H,1-2H3. The third-order valence-corrected chi connectivity index (χ3v) is 3.52. The van der Waals surface area contributed by atoms with Crippen molar-refractivity contribution < 1.29 is 10.2 Å². The molecule has 0 heterocycles. The molecular weight excluding hydrogens is 252 g/mol. The summed E-state index contributed by atoms with van der Waals surface area (Å²) < 4.78 is 0. The van der Waals surface area contributed by atoms with Gasteiger partial charge in [0.05, 0.1) is 22.6 Å². The summed E-state index contributed by atoms with van der Waals surface area (Å²) in [5.41, 5.74) is 4.21. The molecule has 100 valence electrons. The lowest BCUT2D eigenvalue weighted by atomic mass is 9.82. The van der Waals surface area contributed by atoms with Crippen LogP contribution in [0.25, 0.3) is 0 Å². The second kappa shape index (κ2) is 4.49. The molecule has 2 aromatic carbocycles. The van der Waals surface area contributed by atoms with Crippen molar-refractivity contribution in [2.45, 2.75) is 0 Å². The van der Waals surface area contributed by atoms with Gasteiger partial charge in [0.15, 0.2) is 0 Å². The van der Waals surface area contributed by atoms with Crippen LogP contribution in [0.15, 0.2) is 46.4 Å². The molecular formula is C16H14N2O2. The van der Waals surface area contributed by atoms with E-state index in [0.717, 1.165) is 11.1 Å². The zero-order chi connectivity index (χ0) is 14.3. The average Bonchev–Trinajstić information content (AvgIpc) is 2.48. The molecule has 0 saturated carbocycles. The van der Waals surface area contributed by atoms with Crippen molar-refractivity contribution in [3.63, 3.8) is 0 Å². The fourth-order valence-corrected chi connectivity index (χ4v) is 2.69. The minimum absolute atomic E-state index is 0.0917. The van der Waals surface area contributed by atoms with Crippen LogP contribution in [0.3, 0.4) is 0 Å². The van der Waals surface area contributed by atoms with Gasteiger partial charge in [0, 0.05) is 25.2 Å². The van der Waals surface area contributed by atoms with Gasteiger partial charge in [0.25, 0.3) is 0 Å². The van der Waals surface area contributed by atoms with Crippen molar-refractivity contribution >= 4 is 11.4 Å². The van der Waals surface area contributed by atoms with Crippen LogP contribution in [0, 0.1) is 0 Å². The first-order valence-corrected chi connectivity index (χ1v) is 6.28. The predicted molar refractivity (Wildman–Crippen MR) is 79.3 cm³/mol. The summed E-state index contributed by atoms with van der Waals surface area (Å²) in [6.45, 7) is 0. The second-order valence-electron chi connectivity index (χ2n) is 4.54. The van der Waals surface area contributed by atoms with E-state index in [1.165, 1.54) is 12.1 Å². The lowest BCUT2D eigenvalue weighted by molar-refractivity contribution is 0.458. The van der Waals surface area contributed by atoms with Crippen LogP contribution in [0.4, 0.5) is 0 Å². The molecule has 0 amide bonds. The molecule has 0 atom stereocenters. The first-order valence-electron chi connectivity index (χ1n) is 6.28. The summed E-state index contributed by atoms with van der Waals surface area (Å²) in [7, 11) is 3.35. The number of phenolic OH excluding ortho intramolecular Hbond substituents is 2. The van der Waals surface area contributed by atoms with Crippen molar-refractivity contribution in [2.75, 3.05) is 14.1 Å². The highest BCUT2D eigenvalue weighted by atomic mass is 16.3. The highest BCUT2D eigenvalue weighted by Crippen LogP contribution is 2.38. The summed E-state index contributed by atoms with van der Waals surface area (Å²) in [5, 5.41) is 20.3. The molecule has 0 bridgehead atoms. The van der Waals surface area contributed by atoms with Gasteiger partial charge < -0.3 is 10.2 Å². The van der Waals surface area contributed by atoms with Gasteiger partial charge in [-0.15, -0.1) is 0 Å². The highest BCUT2D eigenvalue weighted by Gasteiger charge is 2.30. The molecule has 4 heteroatoms. The maximum absolute atomic E-state index is 10.2. The molecule has 0 spiro atoms. The lowest BCUT2D eigenvalue weighted by Crippen LogP contribution is -2.22. The van der Waals surface area contributed by atoms with Crippen molar-refractivity contribution in [3.8, 4) is 11.5 Å². The van der Waals surface area contributed by atoms with E-state index in [2.05, 4.69) is 9.98 Å². The molecule has 0 fully saturated rings. The van der Waals surface area contributed by atoms with Crippen molar-refractivity contribution in [1.29, 1.82) is 0 Å². The number of aromatic hydroxyl groups is 2. The molecule has 2 aromatic rings. The molecule has 4 nitrogen and oxygen atoms in total. The SMILES string of the molecule is CN=C1c2ccccc2C(=NC)c2c(O)ccc(O)c21. The fourth-order valence-electron chi connectivity index (χ4n) is 2.69. The van der Waals surface area contributed by atoms with E-state index in [9.17, 15) is 10.2 Å². The van der Waals surface area contributed by atoms with E-state index < -0.39 is 0 Å². The number of hydrogen-bond acceptors (Lipinski definition) is 4. The van der Waals surface area contributed by atoms with Crippen LogP contribution < -0.4 is 0 Å². The monoisotopic (exact) mass is 266 g/mol. The van der Waals surface area contributed by atoms with Gasteiger partial charge >= 0.3 is 0 Å². The zero-order valence-electron chi connectivity index (χ0n) is 11.3. The summed E-state index contributed by atoms with van der Waals surface area (Å²) in [4.78, 5) is 8.58. The lowest BCUT2D eigenvalue weighted by Gasteiger charge is -2.24. The Kier molecular flexibility index (Phi) is 2.79. The molecule has 0 aliphatic heterocycles. The Balaban J connectivity index is 2.48. The number of nitrogens with zero attached hydrogens (tertiary/aromatic N) is 2. The van der Waals surface area contributed by atoms with Gasteiger partial charge in [-0.3, -0.25) is 9.98 Å². The van der Waals surface area contributed by atoms with Crippen LogP contribution in [-0.4, -0.2) is 35.7 Å². The first-order chi connectivity index (χ1) is 9.69. The average molecular weight is 266 g/mol. The summed E-state index contributed by atoms with van der Waals surface area (Å²) in [6.07, 6.45) is 0. The topological polar surface area (TPSA) is 65.2 Å². The normalized spacial score (nSPS) is 17.1. The van der Waals surface area contributed by atoms with E-state index in [-0.39, 0.29) is 11.5 Å². The van der Waals surface area contributed by atoms with Gasteiger partial charge in [0.1, 0.15) is 11.5 Å². The van der Waals surface area contributed by atoms with Gasteiger partial charge in [-0.25, -0.2) is 0 Å². The second-order valence-corrected chi connectivity index (χ2v) is 4.54. The quantitative estimate of drug-likeness (QED) is 0.613. The van der Waals surface area contributed by atoms with Crippen LogP contribution in [0.1, 0.15) is 22.3 Å². The Morgan fingerprint density at radius 3 is 1.45 bits per heavy atom. The van der Waals surface area contributed by atoms with E-state index >= 15 is 0 Å². The Labute approximate surface area is 116 Å². The fraction of sp³-hybridized carbons (Fsp3) is 0.125. The van der Waals surface area contributed by atoms with Crippen molar-refractivity contribution in [2.24, 2.45) is 9.98 Å². The van der Waals surface area contributed by atoms with Crippen molar-refractivity contribution in [3.05, 3.63) is 58.7 Å². The van der Waals surface area contributed by atoms with Gasteiger partial charge in [0.2, 0.25) is 0 Å². The largest absolute Gasteiger partial charge is 0.507 e. The molecule has 0 aromatic heterocycles. The molecule has 1 aliphatic carbocycles. The number of rotatable bonds is 0. The van der Waals surface area contributed by atoms with Crippen LogP contribution in [-0.2, 0) is 0 Å². The zero-order valence-corrected chi connectivity index (χ0v) is 11.3.